The Hall–Kier alpha value is -3.23. The Labute approximate surface area is 154 Å². The number of allylic oxidation sites excluding steroid dienone is 1. The molecule has 2 aromatic carbocycles. The number of hydrogen-bond acceptors (Lipinski definition) is 3. The number of para-hydroxylation sites is 2. The first-order valence-corrected chi connectivity index (χ1v) is 8.87. The van der Waals surface area contributed by atoms with Gasteiger partial charge in [0.2, 0.25) is 0 Å². The van der Waals surface area contributed by atoms with Crippen molar-refractivity contribution in [1.29, 1.82) is 5.26 Å². The van der Waals surface area contributed by atoms with E-state index >= 15 is 0 Å². The molecule has 3 nitrogen and oxygen atoms in total. The van der Waals surface area contributed by atoms with Crippen LogP contribution in [0.15, 0.2) is 60.7 Å². The molecular weight excluding hydrogens is 345 g/mol. The molecule has 0 amide bonds. The molecule has 126 valence electrons. The van der Waals surface area contributed by atoms with Crippen molar-refractivity contribution in [1.82, 2.24) is 9.55 Å². The van der Waals surface area contributed by atoms with E-state index in [1.807, 2.05) is 54.1 Å². The second-order valence-electron chi connectivity index (χ2n) is 5.83. The van der Waals surface area contributed by atoms with Crippen LogP contribution < -0.4 is 0 Å². The van der Waals surface area contributed by atoms with Crippen LogP contribution in [0.3, 0.4) is 0 Å². The van der Waals surface area contributed by atoms with Crippen molar-refractivity contribution in [2.45, 2.75) is 0 Å². The zero-order valence-corrected chi connectivity index (χ0v) is 14.8. The number of thiophene rings is 1. The van der Waals surface area contributed by atoms with E-state index in [-0.39, 0.29) is 5.82 Å². The molecule has 4 rings (SSSR count). The van der Waals surface area contributed by atoms with E-state index in [0.29, 0.717) is 17.0 Å². The predicted molar refractivity (Wildman–Crippen MR) is 104 cm³/mol. The van der Waals surface area contributed by atoms with Gasteiger partial charge < -0.3 is 4.57 Å². The molecule has 0 N–H and O–H groups in total. The summed E-state index contributed by atoms with van der Waals surface area (Å²) in [5.74, 6) is 0.371. The molecule has 0 radical (unpaired) electrons. The highest BCUT2D eigenvalue weighted by molar-refractivity contribution is 7.16. The summed E-state index contributed by atoms with van der Waals surface area (Å²) in [4.78, 5) is 6.29. The average Bonchev–Trinajstić information content (AvgIpc) is 3.25. The molecule has 0 spiro atoms. The van der Waals surface area contributed by atoms with Gasteiger partial charge in [0.1, 0.15) is 11.9 Å². The van der Waals surface area contributed by atoms with E-state index in [0.717, 1.165) is 20.8 Å². The van der Waals surface area contributed by atoms with Crippen LogP contribution in [0.2, 0.25) is 0 Å². The number of halogens is 1. The monoisotopic (exact) mass is 359 g/mol. The molecule has 26 heavy (non-hydrogen) atoms. The van der Waals surface area contributed by atoms with E-state index in [1.165, 1.54) is 17.4 Å². The molecule has 5 heteroatoms. The lowest BCUT2D eigenvalue weighted by Crippen LogP contribution is -1.95. The summed E-state index contributed by atoms with van der Waals surface area (Å²) < 4.78 is 15.9. The first-order chi connectivity index (χ1) is 12.7. The lowest BCUT2D eigenvalue weighted by molar-refractivity contribution is 0.631. The third kappa shape index (κ3) is 2.81. The average molecular weight is 359 g/mol. The molecule has 2 heterocycles. The largest absolute Gasteiger partial charge is 0.327 e. The van der Waals surface area contributed by atoms with Crippen molar-refractivity contribution < 1.29 is 4.39 Å². The fourth-order valence-electron chi connectivity index (χ4n) is 2.91. The van der Waals surface area contributed by atoms with Crippen molar-refractivity contribution in [3.63, 3.8) is 0 Å². The Kier molecular flexibility index (Phi) is 4.11. The molecule has 0 bridgehead atoms. The number of rotatable bonds is 3. The summed E-state index contributed by atoms with van der Waals surface area (Å²) in [5, 5.41) is 9.63. The predicted octanol–water partition coefficient (Wildman–Crippen LogP) is 5.51. The van der Waals surface area contributed by atoms with Gasteiger partial charge in [-0.15, -0.1) is 11.3 Å². The van der Waals surface area contributed by atoms with E-state index in [1.54, 1.807) is 18.2 Å². The number of imidazole rings is 1. The summed E-state index contributed by atoms with van der Waals surface area (Å²) in [6.07, 6.45) is 1.80. The fraction of sp³-hybridized carbons (Fsp3) is 0.0476. The van der Waals surface area contributed by atoms with Crippen LogP contribution in [0, 0.1) is 17.1 Å². The van der Waals surface area contributed by atoms with Gasteiger partial charge in [0.25, 0.3) is 0 Å². The van der Waals surface area contributed by atoms with Gasteiger partial charge in [-0.25, -0.2) is 9.37 Å². The van der Waals surface area contributed by atoms with Crippen LogP contribution in [-0.2, 0) is 7.05 Å². The minimum absolute atomic E-state index is 0.249. The summed E-state index contributed by atoms with van der Waals surface area (Å²) in [5.41, 5.74) is 2.87. The van der Waals surface area contributed by atoms with Gasteiger partial charge in [-0.2, -0.15) is 5.26 Å². The molecule has 4 aromatic rings. The topological polar surface area (TPSA) is 41.6 Å². The van der Waals surface area contributed by atoms with Gasteiger partial charge in [-0.3, -0.25) is 0 Å². The maximum absolute atomic E-state index is 14.0. The highest BCUT2D eigenvalue weighted by Crippen LogP contribution is 2.32. The Morgan fingerprint density at radius 3 is 2.65 bits per heavy atom. The molecule has 0 aliphatic rings. The summed E-state index contributed by atoms with van der Waals surface area (Å²) in [6, 6.07) is 20.5. The zero-order chi connectivity index (χ0) is 18.1. The van der Waals surface area contributed by atoms with Crippen molar-refractivity contribution in [3.8, 4) is 16.5 Å². The van der Waals surface area contributed by atoms with Gasteiger partial charge in [-0.1, -0.05) is 30.3 Å². The maximum Gasteiger partial charge on any atom is 0.151 e. The summed E-state index contributed by atoms with van der Waals surface area (Å²) in [6.45, 7) is 0. The number of nitrogens with zero attached hydrogens (tertiary/aromatic N) is 3. The summed E-state index contributed by atoms with van der Waals surface area (Å²) >= 11 is 1.45. The van der Waals surface area contributed by atoms with Crippen molar-refractivity contribution in [3.05, 3.63) is 77.2 Å². The number of fused-ring (bicyclic) bond motifs is 1. The molecule has 0 fully saturated rings. The number of aromatic nitrogens is 2. The quantitative estimate of drug-likeness (QED) is 0.453. The zero-order valence-electron chi connectivity index (χ0n) is 14.0. The molecular formula is C21H14FN3S. The molecule has 0 saturated heterocycles. The van der Waals surface area contributed by atoms with E-state index in [2.05, 4.69) is 11.1 Å². The van der Waals surface area contributed by atoms with Crippen LogP contribution in [0.4, 0.5) is 4.39 Å². The van der Waals surface area contributed by atoms with Crippen LogP contribution in [0.1, 0.15) is 10.7 Å². The molecule has 0 aliphatic carbocycles. The lowest BCUT2D eigenvalue weighted by atomic mass is 10.2. The Morgan fingerprint density at radius 1 is 1.12 bits per heavy atom. The van der Waals surface area contributed by atoms with E-state index < -0.39 is 0 Å². The van der Waals surface area contributed by atoms with Crippen LogP contribution in [-0.4, -0.2) is 9.55 Å². The van der Waals surface area contributed by atoms with Crippen molar-refractivity contribution in [2.75, 3.05) is 0 Å². The number of nitriles is 1. The highest BCUT2D eigenvalue weighted by Gasteiger charge is 2.13. The Morgan fingerprint density at radius 2 is 1.88 bits per heavy atom. The van der Waals surface area contributed by atoms with Crippen molar-refractivity contribution in [2.24, 2.45) is 7.05 Å². The highest BCUT2D eigenvalue weighted by atomic mass is 32.1. The minimum Gasteiger partial charge on any atom is -0.327 e. The molecule has 0 saturated carbocycles. The smallest absolute Gasteiger partial charge is 0.151 e. The summed E-state index contributed by atoms with van der Waals surface area (Å²) in [7, 11) is 1.90. The fourth-order valence-corrected chi connectivity index (χ4v) is 3.89. The maximum atomic E-state index is 14.0. The van der Waals surface area contributed by atoms with Gasteiger partial charge in [0.05, 0.1) is 16.6 Å². The molecule has 2 aromatic heterocycles. The SMILES string of the molecule is Cn1c(/C(C#N)=C/c2ccc(-c3ccccc3F)s2)nc2ccccc21. The standard InChI is InChI=1S/C21H14FN3S/c1-25-19-9-5-4-8-18(19)24-21(25)14(13-23)12-15-10-11-20(26-15)16-6-2-3-7-17(16)22/h2-12H,1H3/b14-12+. The molecule has 0 aliphatic heterocycles. The van der Waals surface area contributed by atoms with Crippen LogP contribution in [0.5, 0.6) is 0 Å². The lowest BCUT2D eigenvalue weighted by Gasteiger charge is -2.00. The minimum atomic E-state index is -0.249. The first-order valence-electron chi connectivity index (χ1n) is 8.06. The van der Waals surface area contributed by atoms with Gasteiger partial charge in [0, 0.05) is 22.4 Å². The third-order valence-electron chi connectivity index (χ3n) is 4.20. The first kappa shape index (κ1) is 16.2. The Balaban J connectivity index is 1.76. The van der Waals surface area contributed by atoms with Gasteiger partial charge in [0.15, 0.2) is 5.82 Å². The van der Waals surface area contributed by atoms with E-state index in [4.69, 9.17) is 0 Å². The Bertz CT molecular complexity index is 1180. The third-order valence-corrected chi connectivity index (χ3v) is 5.27. The van der Waals surface area contributed by atoms with E-state index in [9.17, 15) is 9.65 Å². The normalized spacial score (nSPS) is 11.7. The molecule has 0 atom stereocenters. The number of benzene rings is 2. The van der Waals surface area contributed by atoms with Crippen LogP contribution in [0.25, 0.3) is 33.1 Å². The van der Waals surface area contributed by atoms with Crippen molar-refractivity contribution >= 4 is 34.0 Å². The molecule has 0 unspecified atom stereocenters. The van der Waals surface area contributed by atoms with Crippen LogP contribution >= 0.6 is 11.3 Å². The number of hydrogen-bond donors (Lipinski definition) is 0. The second-order valence-corrected chi connectivity index (χ2v) is 6.95. The van der Waals surface area contributed by atoms with Gasteiger partial charge >= 0.3 is 0 Å². The second kappa shape index (κ2) is 6.58. The number of aryl methyl sites for hydroxylation is 1. The van der Waals surface area contributed by atoms with Gasteiger partial charge in [-0.05, 0) is 36.4 Å².